The Balaban J connectivity index is 1.78. The molecule has 2 aromatic rings. The number of nitrogens with zero attached hydrogens (tertiary/aromatic N) is 2. The van der Waals surface area contributed by atoms with Gasteiger partial charge in [-0.15, -0.1) is 0 Å². The van der Waals surface area contributed by atoms with Crippen LogP contribution in [0.4, 0.5) is 5.69 Å². The van der Waals surface area contributed by atoms with Crippen molar-refractivity contribution in [2.45, 2.75) is 32.4 Å². The van der Waals surface area contributed by atoms with Crippen LogP contribution >= 0.6 is 0 Å². The van der Waals surface area contributed by atoms with Crippen molar-refractivity contribution in [1.29, 1.82) is 0 Å². The summed E-state index contributed by atoms with van der Waals surface area (Å²) in [4.78, 5) is 6.73. The summed E-state index contributed by atoms with van der Waals surface area (Å²) < 4.78 is 0. The summed E-state index contributed by atoms with van der Waals surface area (Å²) in [6.07, 6.45) is 3.20. The number of benzene rings is 1. The highest BCUT2D eigenvalue weighted by Gasteiger charge is 2.16. The van der Waals surface area contributed by atoms with E-state index in [-0.39, 0.29) is 0 Å². The van der Waals surface area contributed by atoms with Gasteiger partial charge in [0.25, 0.3) is 0 Å². The van der Waals surface area contributed by atoms with Gasteiger partial charge in [0.2, 0.25) is 0 Å². The van der Waals surface area contributed by atoms with Gasteiger partial charge in [0.15, 0.2) is 0 Å². The summed E-state index contributed by atoms with van der Waals surface area (Å²) in [6.45, 7) is 3.92. The molecule has 1 atom stereocenters. The van der Waals surface area contributed by atoms with E-state index in [9.17, 15) is 5.11 Å². The monoisotopic (exact) mass is 268 g/mol. The lowest BCUT2D eigenvalue weighted by Gasteiger charge is -2.30. The van der Waals surface area contributed by atoms with Crippen molar-refractivity contribution in [2.75, 3.05) is 11.4 Å². The Hall–Kier alpha value is -1.87. The highest BCUT2D eigenvalue weighted by molar-refractivity contribution is 5.48. The average molecular weight is 268 g/mol. The first-order valence-corrected chi connectivity index (χ1v) is 7.23. The molecular formula is C17H20N2O. The molecule has 1 unspecified atom stereocenters. The zero-order valence-corrected chi connectivity index (χ0v) is 11.8. The van der Waals surface area contributed by atoms with Crippen LogP contribution in [0.25, 0.3) is 0 Å². The van der Waals surface area contributed by atoms with E-state index in [1.165, 1.54) is 11.1 Å². The molecule has 0 saturated heterocycles. The first kappa shape index (κ1) is 13.1. The van der Waals surface area contributed by atoms with Crippen LogP contribution in [0.5, 0.6) is 0 Å². The number of hydrogen-bond donors (Lipinski definition) is 1. The molecular weight excluding hydrogens is 248 g/mol. The second-order valence-corrected chi connectivity index (χ2v) is 5.31. The standard InChI is InChI=1S/C17H20N2O/c1-2-17(20)16-8-7-15(11-18-16)19-10-9-13-5-3-4-6-14(13)12-19/h3-8,11,17,20H,2,9-10,12H2,1H3. The van der Waals surface area contributed by atoms with Gasteiger partial charge in [0, 0.05) is 13.1 Å². The third-order valence-corrected chi connectivity index (χ3v) is 3.99. The normalized spacial score (nSPS) is 15.8. The second-order valence-electron chi connectivity index (χ2n) is 5.31. The van der Waals surface area contributed by atoms with Gasteiger partial charge < -0.3 is 10.0 Å². The van der Waals surface area contributed by atoms with Gasteiger partial charge >= 0.3 is 0 Å². The van der Waals surface area contributed by atoms with Crippen LogP contribution < -0.4 is 4.90 Å². The SMILES string of the molecule is CCC(O)c1ccc(N2CCc3ccccc3C2)cn1. The van der Waals surface area contributed by atoms with Crippen LogP contribution in [0.2, 0.25) is 0 Å². The van der Waals surface area contributed by atoms with Gasteiger partial charge in [-0.25, -0.2) is 0 Å². The molecule has 0 saturated carbocycles. The van der Waals surface area contributed by atoms with Crippen LogP contribution in [0.3, 0.4) is 0 Å². The molecule has 0 fully saturated rings. The smallest absolute Gasteiger partial charge is 0.0957 e. The van der Waals surface area contributed by atoms with Gasteiger partial charge in [-0.1, -0.05) is 31.2 Å². The topological polar surface area (TPSA) is 36.4 Å². The van der Waals surface area contributed by atoms with Crippen molar-refractivity contribution < 1.29 is 5.11 Å². The summed E-state index contributed by atoms with van der Waals surface area (Å²) in [7, 11) is 0. The molecule has 0 bridgehead atoms. The molecule has 3 heteroatoms. The lowest BCUT2D eigenvalue weighted by molar-refractivity contribution is 0.169. The molecule has 104 valence electrons. The molecule has 3 rings (SSSR count). The fraction of sp³-hybridized carbons (Fsp3) is 0.353. The maximum atomic E-state index is 9.78. The number of hydrogen-bond acceptors (Lipinski definition) is 3. The molecule has 1 aromatic carbocycles. The largest absolute Gasteiger partial charge is 0.387 e. The Morgan fingerprint density at radius 2 is 2.00 bits per heavy atom. The number of aromatic nitrogens is 1. The quantitative estimate of drug-likeness (QED) is 0.929. The Morgan fingerprint density at radius 3 is 2.70 bits per heavy atom. The molecule has 1 aliphatic heterocycles. The third-order valence-electron chi connectivity index (χ3n) is 3.99. The Labute approximate surface area is 119 Å². The maximum absolute atomic E-state index is 9.78. The van der Waals surface area contributed by atoms with Gasteiger partial charge in [-0.05, 0) is 36.1 Å². The predicted molar refractivity (Wildman–Crippen MR) is 80.7 cm³/mol. The Kier molecular flexibility index (Phi) is 3.70. The van der Waals surface area contributed by atoms with E-state index in [2.05, 4.69) is 40.2 Å². The first-order valence-electron chi connectivity index (χ1n) is 7.23. The van der Waals surface area contributed by atoms with Crippen LogP contribution in [-0.4, -0.2) is 16.6 Å². The summed E-state index contributed by atoms with van der Waals surface area (Å²) in [5.74, 6) is 0. The minimum atomic E-state index is -0.453. The van der Waals surface area contributed by atoms with Crippen molar-refractivity contribution in [3.63, 3.8) is 0 Å². The molecule has 0 aliphatic carbocycles. The summed E-state index contributed by atoms with van der Waals surface area (Å²) in [5.41, 5.74) is 4.74. The van der Waals surface area contributed by atoms with E-state index in [0.717, 1.165) is 30.9 Å². The van der Waals surface area contributed by atoms with Crippen LogP contribution in [0.1, 0.15) is 36.3 Å². The number of pyridine rings is 1. The lowest BCUT2D eigenvalue weighted by atomic mass is 9.99. The van der Waals surface area contributed by atoms with Crippen molar-refractivity contribution >= 4 is 5.69 Å². The lowest BCUT2D eigenvalue weighted by Crippen LogP contribution is -2.30. The fourth-order valence-corrected chi connectivity index (χ4v) is 2.71. The van der Waals surface area contributed by atoms with Gasteiger partial charge in [-0.2, -0.15) is 0 Å². The molecule has 0 spiro atoms. The number of aliphatic hydroxyl groups is 1. The molecule has 2 heterocycles. The first-order chi connectivity index (χ1) is 9.78. The summed E-state index contributed by atoms with van der Waals surface area (Å²) >= 11 is 0. The second kappa shape index (κ2) is 5.63. The molecule has 0 radical (unpaired) electrons. The average Bonchev–Trinajstić information content (AvgIpc) is 2.54. The predicted octanol–water partition coefficient (Wildman–Crippen LogP) is 3.09. The molecule has 20 heavy (non-hydrogen) atoms. The summed E-state index contributed by atoms with van der Waals surface area (Å²) in [5, 5.41) is 9.78. The van der Waals surface area contributed by atoms with E-state index in [4.69, 9.17) is 0 Å². The van der Waals surface area contributed by atoms with Crippen LogP contribution in [-0.2, 0) is 13.0 Å². The molecule has 1 N–H and O–H groups in total. The third kappa shape index (κ3) is 2.54. The molecule has 0 amide bonds. The molecule has 1 aliphatic rings. The zero-order chi connectivity index (χ0) is 13.9. The van der Waals surface area contributed by atoms with Gasteiger partial charge in [-0.3, -0.25) is 4.98 Å². The number of anilines is 1. The van der Waals surface area contributed by atoms with E-state index in [1.807, 2.05) is 19.2 Å². The van der Waals surface area contributed by atoms with Gasteiger partial charge in [0.05, 0.1) is 23.7 Å². The van der Waals surface area contributed by atoms with E-state index in [1.54, 1.807) is 0 Å². The number of fused-ring (bicyclic) bond motifs is 1. The van der Waals surface area contributed by atoms with Crippen LogP contribution in [0.15, 0.2) is 42.6 Å². The zero-order valence-electron chi connectivity index (χ0n) is 11.8. The van der Waals surface area contributed by atoms with E-state index >= 15 is 0 Å². The highest BCUT2D eigenvalue weighted by Crippen LogP contribution is 2.25. The van der Waals surface area contributed by atoms with Gasteiger partial charge in [0.1, 0.15) is 0 Å². The molecule has 1 aromatic heterocycles. The van der Waals surface area contributed by atoms with E-state index in [0.29, 0.717) is 6.42 Å². The number of aliphatic hydroxyl groups excluding tert-OH is 1. The van der Waals surface area contributed by atoms with Crippen LogP contribution in [0, 0.1) is 0 Å². The van der Waals surface area contributed by atoms with Crippen molar-refractivity contribution in [1.82, 2.24) is 4.98 Å². The van der Waals surface area contributed by atoms with Crippen molar-refractivity contribution in [3.8, 4) is 0 Å². The minimum Gasteiger partial charge on any atom is -0.387 e. The minimum absolute atomic E-state index is 0.453. The number of rotatable bonds is 3. The highest BCUT2D eigenvalue weighted by atomic mass is 16.3. The Morgan fingerprint density at radius 1 is 1.20 bits per heavy atom. The maximum Gasteiger partial charge on any atom is 0.0957 e. The van der Waals surface area contributed by atoms with E-state index < -0.39 is 6.10 Å². The molecule has 3 nitrogen and oxygen atoms in total. The van der Waals surface area contributed by atoms with Crippen molar-refractivity contribution in [2.24, 2.45) is 0 Å². The Bertz CT molecular complexity index is 580. The fourth-order valence-electron chi connectivity index (χ4n) is 2.71. The summed E-state index contributed by atoms with van der Waals surface area (Å²) in [6, 6.07) is 12.6. The van der Waals surface area contributed by atoms with Crippen molar-refractivity contribution in [3.05, 3.63) is 59.4 Å².